The van der Waals surface area contributed by atoms with Gasteiger partial charge in [0.15, 0.2) is 0 Å². The maximum Gasteiger partial charge on any atom is 0.338 e. The van der Waals surface area contributed by atoms with Gasteiger partial charge in [0.05, 0.1) is 12.2 Å². The zero-order valence-electron chi connectivity index (χ0n) is 16.0. The first-order valence-corrected chi connectivity index (χ1v) is 9.08. The van der Waals surface area contributed by atoms with Crippen LogP contribution < -0.4 is 10.6 Å². The summed E-state index contributed by atoms with van der Waals surface area (Å²) >= 11 is 0. The van der Waals surface area contributed by atoms with Crippen molar-refractivity contribution in [1.29, 1.82) is 0 Å². The molecule has 0 unspecified atom stereocenters. The number of imide groups is 1. The van der Waals surface area contributed by atoms with Crippen LogP contribution in [0.2, 0.25) is 0 Å². The largest absolute Gasteiger partial charge is 0.508 e. The number of nitrogens with zero attached hydrogens (tertiary/aromatic N) is 1. The second-order valence-corrected chi connectivity index (χ2v) is 6.32. The number of aromatic hydroxyl groups is 1. The highest BCUT2D eigenvalue weighted by molar-refractivity contribution is 6.15. The number of phenolic OH excluding ortho intramolecular Hbond substituents is 1. The third-order valence-electron chi connectivity index (χ3n) is 4.15. The van der Waals surface area contributed by atoms with Gasteiger partial charge in [-0.05, 0) is 55.0 Å². The number of ether oxygens (including phenoxy) is 1. The Balaban J connectivity index is 1.62. The fourth-order valence-corrected chi connectivity index (χ4v) is 2.70. The van der Waals surface area contributed by atoms with Crippen molar-refractivity contribution in [3.8, 4) is 5.75 Å². The molecule has 0 spiro atoms. The van der Waals surface area contributed by atoms with Gasteiger partial charge in [0.1, 0.15) is 18.0 Å². The molecule has 0 aliphatic carbocycles. The maximum absolute atomic E-state index is 12.4. The Morgan fingerprint density at radius 2 is 1.77 bits per heavy atom. The molecule has 9 heteroatoms. The third-order valence-corrected chi connectivity index (χ3v) is 4.15. The number of rotatable bonds is 6. The van der Waals surface area contributed by atoms with E-state index in [2.05, 4.69) is 10.6 Å². The predicted molar refractivity (Wildman–Crippen MR) is 107 cm³/mol. The van der Waals surface area contributed by atoms with E-state index < -0.39 is 30.4 Å². The molecule has 3 rings (SSSR count). The average molecular weight is 409 g/mol. The van der Waals surface area contributed by atoms with Gasteiger partial charge in [-0.1, -0.05) is 12.1 Å². The van der Waals surface area contributed by atoms with E-state index in [4.69, 9.17) is 4.74 Å². The Hall–Kier alpha value is -4.14. The van der Waals surface area contributed by atoms with Crippen LogP contribution in [0.15, 0.2) is 54.2 Å². The summed E-state index contributed by atoms with van der Waals surface area (Å²) in [6.07, 6.45) is 1.45. The minimum absolute atomic E-state index is 0.0253. The molecule has 2 aromatic carbocycles. The molecule has 30 heavy (non-hydrogen) atoms. The first-order chi connectivity index (χ1) is 14.4. The van der Waals surface area contributed by atoms with Gasteiger partial charge in [0.25, 0.3) is 5.91 Å². The molecule has 0 bridgehead atoms. The summed E-state index contributed by atoms with van der Waals surface area (Å²) in [7, 11) is 0. The van der Waals surface area contributed by atoms with Crippen LogP contribution in [0.25, 0.3) is 6.08 Å². The van der Waals surface area contributed by atoms with Gasteiger partial charge >= 0.3 is 12.0 Å². The van der Waals surface area contributed by atoms with Gasteiger partial charge in [0, 0.05) is 5.69 Å². The number of benzene rings is 2. The van der Waals surface area contributed by atoms with Gasteiger partial charge in [-0.15, -0.1) is 0 Å². The van der Waals surface area contributed by atoms with E-state index in [0.29, 0.717) is 16.8 Å². The minimum Gasteiger partial charge on any atom is -0.508 e. The number of esters is 1. The summed E-state index contributed by atoms with van der Waals surface area (Å²) in [5, 5.41) is 14.3. The highest BCUT2D eigenvalue weighted by Gasteiger charge is 2.34. The van der Waals surface area contributed by atoms with Crippen molar-refractivity contribution in [2.45, 2.75) is 6.92 Å². The molecule has 1 aliphatic rings. The molecule has 0 atom stereocenters. The van der Waals surface area contributed by atoms with E-state index >= 15 is 0 Å². The molecule has 9 nitrogen and oxygen atoms in total. The van der Waals surface area contributed by atoms with Crippen LogP contribution in [0, 0.1) is 0 Å². The third kappa shape index (κ3) is 4.82. The van der Waals surface area contributed by atoms with Gasteiger partial charge in [-0.2, -0.15) is 0 Å². The smallest absolute Gasteiger partial charge is 0.338 e. The van der Waals surface area contributed by atoms with E-state index in [-0.39, 0.29) is 18.1 Å². The van der Waals surface area contributed by atoms with Crippen LogP contribution in [0.1, 0.15) is 22.8 Å². The molecule has 0 aromatic heterocycles. The minimum atomic E-state index is -0.710. The number of carbonyl (C=O) groups is 4. The van der Waals surface area contributed by atoms with Crippen molar-refractivity contribution in [3.05, 3.63) is 65.4 Å². The van der Waals surface area contributed by atoms with Gasteiger partial charge in [-0.25, -0.2) is 14.5 Å². The molecule has 1 aliphatic heterocycles. The Bertz CT molecular complexity index is 1010. The normalized spacial score (nSPS) is 14.6. The second-order valence-electron chi connectivity index (χ2n) is 6.32. The average Bonchev–Trinajstić information content (AvgIpc) is 2.98. The summed E-state index contributed by atoms with van der Waals surface area (Å²) in [5.41, 5.74) is 1.37. The number of nitrogens with one attached hydrogen (secondary N) is 2. The topological polar surface area (TPSA) is 125 Å². The zero-order chi connectivity index (χ0) is 21.7. The molecular weight excluding hydrogens is 390 g/mol. The zero-order valence-corrected chi connectivity index (χ0v) is 16.0. The summed E-state index contributed by atoms with van der Waals surface area (Å²) in [5.74, 6) is -1.61. The van der Waals surface area contributed by atoms with Crippen LogP contribution in [0.5, 0.6) is 5.75 Å². The van der Waals surface area contributed by atoms with Crippen molar-refractivity contribution in [2.24, 2.45) is 0 Å². The molecule has 154 valence electrons. The van der Waals surface area contributed by atoms with Crippen molar-refractivity contribution in [2.75, 3.05) is 18.5 Å². The van der Waals surface area contributed by atoms with E-state index in [1.807, 2.05) is 0 Å². The number of urea groups is 1. The number of carbonyl (C=O) groups excluding carboxylic acids is 4. The Labute approximate surface area is 171 Å². The first kappa shape index (κ1) is 20.6. The van der Waals surface area contributed by atoms with Crippen LogP contribution in [-0.4, -0.2) is 47.0 Å². The Kier molecular flexibility index (Phi) is 6.11. The lowest BCUT2D eigenvalue weighted by molar-refractivity contribution is -0.127. The quantitative estimate of drug-likeness (QED) is 0.381. The summed E-state index contributed by atoms with van der Waals surface area (Å²) in [6.45, 7) is 1.48. The van der Waals surface area contributed by atoms with Gasteiger partial charge < -0.3 is 20.5 Å². The Morgan fingerprint density at radius 3 is 2.40 bits per heavy atom. The summed E-state index contributed by atoms with van der Waals surface area (Å²) < 4.78 is 4.89. The number of phenols is 1. The molecule has 0 saturated carbocycles. The molecule has 0 radical (unpaired) electrons. The summed E-state index contributed by atoms with van der Waals surface area (Å²) in [6, 6.07) is 11.4. The Morgan fingerprint density at radius 1 is 1.10 bits per heavy atom. The van der Waals surface area contributed by atoms with Crippen molar-refractivity contribution in [1.82, 2.24) is 10.2 Å². The lowest BCUT2D eigenvalue weighted by atomic mass is 10.2. The highest BCUT2D eigenvalue weighted by atomic mass is 16.5. The first-order valence-electron chi connectivity index (χ1n) is 9.08. The lowest BCUT2D eigenvalue weighted by Gasteiger charge is -2.12. The standard InChI is InChI=1S/C21H19N3O6/c1-2-30-20(28)14-5-7-15(8-6-14)22-18(26)12-24-19(27)17(23-21(24)29)11-13-3-9-16(25)10-4-13/h3-11,25H,2,12H2,1H3,(H,22,26)(H,23,29)/b17-11-. The number of hydrogen-bond donors (Lipinski definition) is 3. The van der Waals surface area contributed by atoms with Crippen LogP contribution >= 0.6 is 0 Å². The molecular formula is C21H19N3O6. The molecule has 1 fully saturated rings. The van der Waals surface area contributed by atoms with E-state index in [0.717, 1.165) is 4.90 Å². The maximum atomic E-state index is 12.4. The predicted octanol–water partition coefficient (Wildman–Crippen LogP) is 2.10. The molecule has 3 N–H and O–H groups in total. The lowest BCUT2D eigenvalue weighted by Crippen LogP contribution is -2.38. The fourth-order valence-electron chi connectivity index (χ4n) is 2.70. The molecule has 1 heterocycles. The van der Waals surface area contributed by atoms with E-state index in [1.165, 1.54) is 42.5 Å². The molecule has 1 saturated heterocycles. The van der Waals surface area contributed by atoms with Crippen molar-refractivity contribution < 1.29 is 29.0 Å². The van der Waals surface area contributed by atoms with Crippen LogP contribution in [0.4, 0.5) is 10.5 Å². The number of anilines is 1. The van der Waals surface area contributed by atoms with E-state index in [9.17, 15) is 24.3 Å². The molecule has 2 aromatic rings. The second kappa shape index (κ2) is 8.91. The number of hydrogen-bond acceptors (Lipinski definition) is 6. The SMILES string of the molecule is CCOC(=O)c1ccc(NC(=O)CN2C(=O)N/C(=C\c3ccc(O)cc3)C2=O)cc1. The van der Waals surface area contributed by atoms with Crippen LogP contribution in [0.3, 0.4) is 0 Å². The van der Waals surface area contributed by atoms with Crippen molar-refractivity contribution >= 4 is 35.6 Å². The number of amides is 4. The molecule has 4 amide bonds. The monoisotopic (exact) mass is 409 g/mol. The van der Waals surface area contributed by atoms with Crippen LogP contribution in [-0.2, 0) is 14.3 Å². The van der Waals surface area contributed by atoms with E-state index in [1.54, 1.807) is 19.1 Å². The van der Waals surface area contributed by atoms with Gasteiger partial charge in [-0.3, -0.25) is 9.59 Å². The fraction of sp³-hybridized carbons (Fsp3) is 0.143. The van der Waals surface area contributed by atoms with Crippen molar-refractivity contribution in [3.63, 3.8) is 0 Å². The highest BCUT2D eigenvalue weighted by Crippen LogP contribution is 2.17. The summed E-state index contributed by atoms with van der Waals surface area (Å²) in [4.78, 5) is 49.2. The van der Waals surface area contributed by atoms with Gasteiger partial charge in [0.2, 0.25) is 5.91 Å².